The third-order valence-electron chi connectivity index (χ3n) is 2.66. The first-order valence-electron chi connectivity index (χ1n) is 5.10. The van der Waals surface area contributed by atoms with Crippen molar-refractivity contribution >= 4 is 34.1 Å². The zero-order valence-corrected chi connectivity index (χ0v) is 10.7. The first-order valence-corrected chi connectivity index (χ1v) is 5.86. The minimum Gasteiger partial charge on any atom is -0.358 e. The van der Waals surface area contributed by atoms with Crippen molar-refractivity contribution in [3.05, 3.63) is 43.9 Å². The fourth-order valence-electron chi connectivity index (χ4n) is 1.96. The highest BCUT2D eigenvalue weighted by atomic mass is 35.5. The van der Waals surface area contributed by atoms with Crippen LogP contribution in [0.3, 0.4) is 0 Å². The Morgan fingerprint density at radius 3 is 2.88 bits per heavy atom. The van der Waals surface area contributed by atoms with Crippen molar-refractivity contribution in [1.29, 1.82) is 0 Å². The third kappa shape index (κ3) is 2.34. The fourth-order valence-corrected chi connectivity index (χ4v) is 2.57. The van der Waals surface area contributed by atoms with Crippen LogP contribution in [0.5, 0.6) is 0 Å². The van der Waals surface area contributed by atoms with Gasteiger partial charge in [-0.3, -0.25) is 0 Å². The Kier molecular flexibility index (Phi) is 3.48. The predicted octanol–water partition coefficient (Wildman–Crippen LogP) is 4.64. The molecule has 0 saturated carbocycles. The lowest BCUT2D eigenvalue weighted by molar-refractivity contribution is 0.951. The van der Waals surface area contributed by atoms with E-state index in [0.29, 0.717) is 23.0 Å². The van der Waals surface area contributed by atoms with Crippen molar-refractivity contribution in [3.63, 3.8) is 0 Å². The number of hydrogen-bond acceptors (Lipinski definition) is 1. The van der Waals surface area contributed by atoms with Gasteiger partial charge < -0.3 is 4.98 Å². The molecule has 0 unspecified atom stereocenters. The van der Waals surface area contributed by atoms with E-state index in [-0.39, 0.29) is 0 Å². The van der Waals surface area contributed by atoms with Crippen molar-refractivity contribution in [1.82, 2.24) is 4.98 Å². The van der Waals surface area contributed by atoms with Crippen LogP contribution >= 0.6 is 23.2 Å². The van der Waals surface area contributed by atoms with Crippen molar-refractivity contribution in [2.24, 2.45) is 5.11 Å². The average Bonchev–Trinajstić information content (AvgIpc) is 2.55. The van der Waals surface area contributed by atoms with Crippen LogP contribution in [0.25, 0.3) is 21.3 Å². The van der Waals surface area contributed by atoms with Crippen LogP contribution in [0.2, 0.25) is 10.0 Å². The van der Waals surface area contributed by atoms with Gasteiger partial charge in [-0.15, -0.1) is 0 Å². The van der Waals surface area contributed by atoms with Crippen LogP contribution in [-0.2, 0) is 6.42 Å². The molecule has 0 fully saturated rings. The molecule has 0 saturated heterocycles. The van der Waals surface area contributed by atoms with Crippen LogP contribution < -0.4 is 0 Å². The van der Waals surface area contributed by atoms with Gasteiger partial charge >= 0.3 is 0 Å². The van der Waals surface area contributed by atoms with E-state index in [1.54, 1.807) is 6.07 Å². The van der Waals surface area contributed by atoms with Crippen LogP contribution in [0.15, 0.2) is 17.2 Å². The molecule has 0 aliphatic heterocycles. The maximum Gasteiger partial charge on any atom is 0.0517 e. The molecule has 0 radical (unpaired) electrons. The number of aromatic nitrogens is 1. The summed E-state index contributed by atoms with van der Waals surface area (Å²) >= 11 is 12.1. The van der Waals surface area contributed by atoms with Crippen molar-refractivity contribution < 1.29 is 0 Å². The second kappa shape index (κ2) is 4.88. The molecule has 1 aromatic carbocycles. The monoisotopic (exact) mass is 268 g/mol. The lowest BCUT2D eigenvalue weighted by Crippen LogP contribution is -1.90. The minimum absolute atomic E-state index is 0.420. The molecule has 1 heterocycles. The van der Waals surface area contributed by atoms with E-state index in [1.807, 2.05) is 13.0 Å². The Morgan fingerprint density at radius 2 is 2.18 bits per heavy atom. The van der Waals surface area contributed by atoms with Crippen molar-refractivity contribution in [2.75, 3.05) is 6.54 Å². The summed E-state index contributed by atoms with van der Waals surface area (Å²) in [5.74, 6) is 0. The van der Waals surface area contributed by atoms with Gasteiger partial charge in [0.25, 0.3) is 0 Å². The molecule has 2 aromatic rings. The first-order chi connectivity index (χ1) is 8.13. The van der Waals surface area contributed by atoms with Gasteiger partial charge in [-0.2, -0.15) is 0 Å². The van der Waals surface area contributed by atoms with Gasteiger partial charge in [0.2, 0.25) is 0 Å². The Bertz CT molecular complexity index is 611. The SMILES string of the molecule is Cc1[nH]c2cc(Cl)cc(Cl)c2c1CCN=[N+]=[N-]. The molecule has 6 heteroatoms. The van der Waals surface area contributed by atoms with E-state index in [4.69, 9.17) is 28.7 Å². The highest BCUT2D eigenvalue weighted by Crippen LogP contribution is 2.32. The molecule has 2 rings (SSSR count). The van der Waals surface area contributed by atoms with Gasteiger partial charge in [-0.05, 0) is 36.6 Å². The normalized spacial score (nSPS) is 10.5. The van der Waals surface area contributed by atoms with Crippen LogP contribution in [0, 0.1) is 6.92 Å². The maximum atomic E-state index is 8.28. The summed E-state index contributed by atoms with van der Waals surface area (Å²) < 4.78 is 0. The van der Waals surface area contributed by atoms with E-state index in [1.165, 1.54) is 0 Å². The lowest BCUT2D eigenvalue weighted by Gasteiger charge is -2.00. The second-order valence-electron chi connectivity index (χ2n) is 3.74. The molecular weight excluding hydrogens is 259 g/mol. The number of halogens is 2. The molecular formula is C11H10Cl2N4. The first kappa shape index (κ1) is 12.1. The molecule has 88 valence electrons. The number of benzene rings is 1. The van der Waals surface area contributed by atoms with E-state index in [0.717, 1.165) is 22.2 Å². The molecule has 17 heavy (non-hydrogen) atoms. The number of aromatic amines is 1. The maximum absolute atomic E-state index is 8.28. The number of azide groups is 1. The summed E-state index contributed by atoms with van der Waals surface area (Å²) in [6.45, 7) is 2.39. The Morgan fingerprint density at radius 1 is 1.41 bits per heavy atom. The molecule has 1 aromatic heterocycles. The Hall–Kier alpha value is -1.35. The van der Waals surface area contributed by atoms with Crippen molar-refractivity contribution in [2.45, 2.75) is 13.3 Å². The number of nitrogens with zero attached hydrogens (tertiary/aromatic N) is 3. The topological polar surface area (TPSA) is 64.5 Å². The Balaban J connectivity index is 2.54. The molecule has 0 amide bonds. The van der Waals surface area contributed by atoms with Gasteiger partial charge in [-0.25, -0.2) is 0 Å². The number of fused-ring (bicyclic) bond motifs is 1. The molecule has 4 nitrogen and oxygen atoms in total. The summed E-state index contributed by atoms with van der Waals surface area (Å²) in [4.78, 5) is 5.97. The number of H-pyrrole nitrogens is 1. The largest absolute Gasteiger partial charge is 0.358 e. The lowest BCUT2D eigenvalue weighted by atomic mass is 10.1. The molecule has 0 bridgehead atoms. The van der Waals surface area contributed by atoms with Crippen molar-refractivity contribution in [3.8, 4) is 0 Å². The van der Waals surface area contributed by atoms with Gasteiger partial charge in [0.05, 0.1) is 5.02 Å². The zero-order chi connectivity index (χ0) is 12.4. The second-order valence-corrected chi connectivity index (χ2v) is 4.59. The Labute approximate surface area is 108 Å². The van der Waals surface area contributed by atoms with E-state index < -0.39 is 0 Å². The third-order valence-corrected chi connectivity index (χ3v) is 3.17. The van der Waals surface area contributed by atoms with Crippen LogP contribution in [0.4, 0.5) is 0 Å². The molecule has 1 N–H and O–H groups in total. The molecule has 0 spiro atoms. The summed E-state index contributed by atoms with van der Waals surface area (Å²) in [6, 6.07) is 3.56. The van der Waals surface area contributed by atoms with Crippen LogP contribution in [-0.4, -0.2) is 11.5 Å². The number of aryl methyl sites for hydroxylation is 1. The van der Waals surface area contributed by atoms with E-state index in [2.05, 4.69) is 15.0 Å². The van der Waals surface area contributed by atoms with Gasteiger partial charge in [0, 0.05) is 33.1 Å². The summed E-state index contributed by atoms with van der Waals surface area (Å²) in [5.41, 5.74) is 11.3. The van der Waals surface area contributed by atoms with Crippen LogP contribution in [0.1, 0.15) is 11.3 Å². The smallest absolute Gasteiger partial charge is 0.0517 e. The van der Waals surface area contributed by atoms with Gasteiger partial charge in [-0.1, -0.05) is 28.3 Å². The minimum atomic E-state index is 0.420. The van der Waals surface area contributed by atoms with E-state index in [9.17, 15) is 0 Å². The quantitative estimate of drug-likeness (QED) is 0.479. The summed E-state index contributed by atoms with van der Waals surface area (Å²) in [6.07, 6.45) is 0.664. The molecule has 0 aliphatic rings. The standard InChI is InChI=1S/C11H10Cl2N4/c1-6-8(2-3-15-17-14)11-9(13)4-7(12)5-10(11)16-6/h4-5,16H,2-3H2,1H3. The molecule has 0 atom stereocenters. The fraction of sp³-hybridized carbons (Fsp3) is 0.273. The number of hydrogen-bond donors (Lipinski definition) is 1. The number of nitrogens with one attached hydrogen (secondary N) is 1. The predicted molar refractivity (Wildman–Crippen MR) is 70.8 cm³/mol. The average molecular weight is 269 g/mol. The van der Waals surface area contributed by atoms with E-state index >= 15 is 0 Å². The summed E-state index contributed by atoms with van der Waals surface area (Å²) in [5, 5.41) is 5.72. The highest BCUT2D eigenvalue weighted by molar-refractivity contribution is 6.38. The zero-order valence-electron chi connectivity index (χ0n) is 9.17. The van der Waals surface area contributed by atoms with Gasteiger partial charge in [0.15, 0.2) is 0 Å². The highest BCUT2D eigenvalue weighted by Gasteiger charge is 2.11. The number of rotatable bonds is 3. The molecule has 0 aliphatic carbocycles. The summed E-state index contributed by atoms with van der Waals surface area (Å²) in [7, 11) is 0. The van der Waals surface area contributed by atoms with Gasteiger partial charge in [0.1, 0.15) is 0 Å².